The van der Waals surface area contributed by atoms with Crippen molar-refractivity contribution in [3.63, 3.8) is 0 Å². The molecular formula is C13H18N2O2S. The highest BCUT2D eigenvalue weighted by molar-refractivity contribution is 7.80. The predicted octanol–water partition coefficient (Wildman–Crippen LogP) is 1.71. The van der Waals surface area contributed by atoms with Crippen molar-refractivity contribution in [2.75, 3.05) is 18.6 Å². The van der Waals surface area contributed by atoms with Gasteiger partial charge in [0.2, 0.25) is 0 Å². The summed E-state index contributed by atoms with van der Waals surface area (Å²) in [6.07, 6.45) is 0. The van der Waals surface area contributed by atoms with Crippen molar-refractivity contribution in [3.05, 3.63) is 29.8 Å². The Bertz CT molecular complexity index is 448. The lowest BCUT2D eigenvalue weighted by molar-refractivity contribution is -0.144. The molecule has 0 bridgehead atoms. The van der Waals surface area contributed by atoms with Crippen LogP contribution < -0.4 is 10.6 Å². The molecule has 0 aliphatic carbocycles. The number of rotatable bonds is 5. The van der Waals surface area contributed by atoms with E-state index in [-0.39, 0.29) is 12.0 Å². The van der Waals surface area contributed by atoms with Gasteiger partial charge in [0, 0.05) is 18.3 Å². The molecule has 4 nitrogen and oxygen atoms in total. The fourth-order valence-electron chi connectivity index (χ4n) is 1.52. The second-order valence-electron chi connectivity index (χ2n) is 3.95. The Labute approximate surface area is 113 Å². The predicted molar refractivity (Wildman–Crippen MR) is 76.8 cm³/mol. The second-order valence-corrected chi connectivity index (χ2v) is 4.39. The minimum Gasteiger partial charge on any atom is -0.464 e. The number of carbonyl (C=O) groups excluding carboxylic acids is 1. The number of nitrogens with two attached hydrogens (primary N) is 1. The Morgan fingerprint density at radius 2 is 2.22 bits per heavy atom. The van der Waals surface area contributed by atoms with E-state index in [0.717, 1.165) is 11.3 Å². The first-order valence-corrected chi connectivity index (χ1v) is 6.17. The van der Waals surface area contributed by atoms with Crippen molar-refractivity contribution >= 4 is 28.9 Å². The Morgan fingerprint density at radius 3 is 2.78 bits per heavy atom. The van der Waals surface area contributed by atoms with Gasteiger partial charge in [0.25, 0.3) is 0 Å². The summed E-state index contributed by atoms with van der Waals surface area (Å²) in [5.74, 6) is -0.249. The van der Waals surface area contributed by atoms with Gasteiger partial charge in [0.15, 0.2) is 0 Å². The maximum Gasteiger partial charge on any atom is 0.328 e. The van der Waals surface area contributed by atoms with Crippen LogP contribution in [0.2, 0.25) is 0 Å². The van der Waals surface area contributed by atoms with Crippen LogP contribution in [0.1, 0.15) is 19.4 Å². The molecule has 2 N–H and O–H groups in total. The third kappa shape index (κ3) is 3.43. The average molecular weight is 266 g/mol. The number of nitrogens with zero attached hydrogens (tertiary/aromatic N) is 1. The zero-order chi connectivity index (χ0) is 13.7. The number of carbonyl (C=O) groups is 1. The highest BCUT2D eigenvalue weighted by atomic mass is 32.1. The lowest BCUT2D eigenvalue weighted by Crippen LogP contribution is -2.37. The van der Waals surface area contributed by atoms with Gasteiger partial charge in [-0.15, -0.1) is 0 Å². The third-order valence-corrected chi connectivity index (χ3v) is 2.98. The van der Waals surface area contributed by atoms with Crippen LogP contribution in [0.15, 0.2) is 24.3 Å². The van der Waals surface area contributed by atoms with Crippen LogP contribution in [-0.2, 0) is 9.53 Å². The lowest BCUT2D eigenvalue weighted by atomic mass is 10.1. The fraction of sp³-hybridized carbons (Fsp3) is 0.385. The highest BCUT2D eigenvalue weighted by Crippen LogP contribution is 2.17. The van der Waals surface area contributed by atoms with E-state index in [1.807, 2.05) is 36.2 Å². The topological polar surface area (TPSA) is 55.6 Å². The number of anilines is 1. The minimum absolute atomic E-state index is 0.249. The molecule has 0 aromatic heterocycles. The number of ether oxygens (including phenoxy) is 1. The summed E-state index contributed by atoms with van der Waals surface area (Å²) in [6.45, 7) is 3.97. The van der Waals surface area contributed by atoms with Gasteiger partial charge in [0.1, 0.15) is 11.0 Å². The summed E-state index contributed by atoms with van der Waals surface area (Å²) in [7, 11) is 1.83. The summed E-state index contributed by atoms with van der Waals surface area (Å²) < 4.78 is 4.99. The Hall–Kier alpha value is -1.62. The number of thiocarbonyl (C=S) groups is 1. The zero-order valence-electron chi connectivity index (χ0n) is 10.8. The molecule has 18 heavy (non-hydrogen) atoms. The first-order valence-electron chi connectivity index (χ1n) is 5.76. The van der Waals surface area contributed by atoms with E-state index in [4.69, 9.17) is 22.7 Å². The molecule has 0 saturated heterocycles. The van der Waals surface area contributed by atoms with E-state index < -0.39 is 0 Å². The molecule has 1 aromatic carbocycles. The second kappa shape index (κ2) is 6.35. The molecule has 1 unspecified atom stereocenters. The van der Waals surface area contributed by atoms with Gasteiger partial charge in [-0.3, -0.25) is 0 Å². The smallest absolute Gasteiger partial charge is 0.328 e. The first-order chi connectivity index (χ1) is 8.47. The summed E-state index contributed by atoms with van der Waals surface area (Å²) in [5.41, 5.74) is 7.25. The first kappa shape index (κ1) is 14.4. The molecule has 0 aliphatic heterocycles. The molecule has 0 spiro atoms. The van der Waals surface area contributed by atoms with Gasteiger partial charge in [0.05, 0.1) is 6.61 Å². The fourth-order valence-corrected chi connectivity index (χ4v) is 1.65. The van der Waals surface area contributed by atoms with E-state index in [0.29, 0.717) is 11.6 Å². The quantitative estimate of drug-likeness (QED) is 0.649. The molecule has 0 radical (unpaired) electrons. The van der Waals surface area contributed by atoms with Gasteiger partial charge >= 0.3 is 5.97 Å². The van der Waals surface area contributed by atoms with Crippen LogP contribution in [0.4, 0.5) is 5.69 Å². The Morgan fingerprint density at radius 1 is 1.56 bits per heavy atom. The molecule has 0 fully saturated rings. The number of hydrogen-bond donors (Lipinski definition) is 1. The number of hydrogen-bond acceptors (Lipinski definition) is 4. The summed E-state index contributed by atoms with van der Waals surface area (Å²) in [6, 6.07) is 7.11. The number of likely N-dealkylation sites (N-methyl/N-ethyl adjacent to an activating group) is 1. The van der Waals surface area contributed by atoms with E-state index in [1.165, 1.54) is 0 Å². The van der Waals surface area contributed by atoms with Crippen molar-refractivity contribution < 1.29 is 9.53 Å². The molecule has 0 aliphatic rings. The van der Waals surface area contributed by atoms with Crippen molar-refractivity contribution in [2.24, 2.45) is 5.73 Å². The van der Waals surface area contributed by atoms with Gasteiger partial charge in [-0.2, -0.15) is 0 Å². The van der Waals surface area contributed by atoms with Crippen LogP contribution in [-0.4, -0.2) is 30.7 Å². The van der Waals surface area contributed by atoms with Gasteiger partial charge in [-0.05, 0) is 26.0 Å². The number of benzene rings is 1. The molecule has 0 amide bonds. The summed E-state index contributed by atoms with van der Waals surface area (Å²) in [4.78, 5) is 13.8. The van der Waals surface area contributed by atoms with Crippen LogP contribution in [0, 0.1) is 0 Å². The molecule has 5 heteroatoms. The molecule has 0 saturated carbocycles. The Kier molecular flexibility index (Phi) is 5.09. The minimum atomic E-state index is -0.355. The lowest BCUT2D eigenvalue weighted by Gasteiger charge is -2.25. The molecule has 98 valence electrons. The molecule has 1 aromatic rings. The molecular weight excluding hydrogens is 248 g/mol. The van der Waals surface area contributed by atoms with Crippen LogP contribution in [0.5, 0.6) is 0 Å². The van der Waals surface area contributed by atoms with Gasteiger partial charge in [-0.1, -0.05) is 24.4 Å². The average Bonchev–Trinajstić information content (AvgIpc) is 2.37. The molecule has 1 rings (SSSR count). The van der Waals surface area contributed by atoms with Gasteiger partial charge < -0.3 is 15.4 Å². The summed E-state index contributed by atoms with van der Waals surface area (Å²) >= 11 is 4.93. The SMILES string of the molecule is CCOC(=O)C(C)N(C)c1cccc(C(N)=S)c1. The van der Waals surface area contributed by atoms with Crippen LogP contribution in [0.3, 0.4) is 0 Å². The van der Waals surface area contributed by atoms with Crippen molar-refractivity contribution in [1.82, 2.24) is 0 Å². The van der Waals surface area contributed by atoms with E-state index in [9.17, 15) is 4.79 Å². The maximum absolute atomic E-state index is 11.7. The van der Waals surface area contributed by atoms with Crippen LogP contribution >= 0.6 is 12.2 Å². The molecule has 0 heterocycles. The van der Waals surface area contributed by atoms with E-state index in [2.05, 4.69) is 0 Å². The van der Waals surface area contributed by atoms with Gasteiger partial charge in [-0.25, -0.2) is 4.79 Å². The maximum atomic E-state index is 11.7. The zero-order valence-corrected chi connectivity index (χ0v) is 11.7. The number of esters is 1. The van der Waals surface area contributed by atoms with Crippen molar-refractivity contribution in [3.8, 4) is 0 Å². The van der Waals surface area contributed by atoms with E-state index >= 15 is 0 Å². The van der Waals surface area contributed by atoms with E-state index in [1.54, 1.807) is 13.8 Å². The van der Waals surface area contributed by atoms with Crippen molar-refractivity contribution in [1.29, 1.82) is 0 Å². The monoisotopic (exact) mass is 266 g/mol. The Balaban J connectivity index is 2.89. The summed E-state index contributed by atoms with van der Waals surface area (Å²) in [5, 5.41) is 0. The normalized spacial score (nSPS) is 11.7. The van der Waals surface area contributed by atoms with Crippen LogP contribution in [0.25, 0.3) is 0 Å². The van der Waals surface area contributed by atoms with Crippen molar-refractivity contribution in [2.45, 2.75) is 19.9 Å². The highest BCUT2D eigenvalue weighted by Gasteiger charge is 2.19. The molecule has 1 atom stereocenters. The third-order valence-electron chi connectivity index (χ3n) is 2.75. The largest absolute Gasteiger partial charge is 0.464 e. The standard InChI is InChI=1S/C13H18N2O2S/c1-4-17-13(16)9(2)15(3)11-7-5-6-10(8-11)12(14)18/h5-9H,4H2,1-3H3,(H2,14,18).